The molecule has 1 unspecified atom stereocenters. The van der Waals surface area contributed by atoms with Crippen LogP contribution in [0.3, 0.4) is 0 Å². The third-order valence-electron chi connectivity index (χ3n) is 5.07. The van der Waals surface area contributed by atoms with Gasteiger partial charge in [0.2, 0.25) is 15.9 Å². The summed E-state index contributed by atoms with van der Waals surface area (Å²) in [6.07, 6.45) is 3.17. The SMILES string of the molecule is COc1cc(NC(=O)C2CCCN(c3ncnc4sccc34)C2)ccc1S(N)(=O)=O. The number of aromatic nitrogens is 2. The zero-order valence-corrected chi connectivity index (χ0v) is 17.9. The van der Waals surface area contributed by atoms with Crippen LogP contribution in [-0.4, -0.2) is 44.5 Å². The van der Waals surface area contributed by atoms with Crippen molar-refractivity contribution < 1.29 is 17.9 Å². The lowest BCUT2D eigenvalue weighted by atomic mass is 9.97. The summed E-state index contributed by atoms with van der Waals surface area (Å²) in [6.45, 7) is 1.36. The number of hydrogen-bond donors (Lipinski definition) is 2. The molecule has 0 spiro atoms. The first-order valence-electron chi connectivity index (χ1n) is 9.31. The van der Waals surface area contributed by atoms with Crippen LogP contribution in [0.5, 0.6) is 5.75 Å². The monoisotopic (exact) mass is 447 g/mol. The summed E-state index contributed by atoms with van der Waals surface area (Å²) in [4.78, 5) is 24.5. The molecule has 0 aliphatic carbocycles. The molecule has 1 fully saturated rings. The number of fused-ring (bicyclic) bond motifs is 1. The van der Waals surface area contributed by atoms with Gasteiger partial charge in [0.05, 0.1) is 18.4 Å². The van der Waals surface area contributed by atoms with E-state index >= 15 is 0 Å². The van der Waals surface area contributed by atoms with E-state index in [1.54, 1.807) is 17.7 Å². The van der Waals surface area contributed by atoms with Crippen LogP contribution in [0.4, 0.5) is 11.5 Å². The average Bonchev–Trinajstić information content (AvgIpc) is 3.22. The number of benzene rings is 1. The molecule has 1 saturated heterocycles. The van der Waals surface area contributed by atoms with E-state index in [0.29, 0.717) is 12.2 Å². The topological polar surface area (TPSA) is 128 Å². The van der Waals surface area contributed by atoms with Crippen LogP contribution in [-0.2, 0) is 14.8 Å². The number of rotatable bonds is 5. The van der Waals surface area contributed by atoms with Crippen LogP contribution in [0, 0.1) is 5.92 Å². The Hall–Kier alpha value is -2.76. The molecule has 30 heavy (non-hydrogen) atoms. The van der Waals surface area contributed by atoms with Gasteiger partial charge in [-0.3, -0.25) is 4.79 Å². The molecule has 1 aliphatic heterocycles. The molecule has 4 rings (SSSR count). The number of piperidine rings is 1. The first-order valence-corrected chi connectivity index (χ1v) is 11.7. The van der Waals surface area contributed by atoms with Gasteiger partial charge < -0.3 is 15.0 Å². The van der Waals surface area contributed by atoms with Crippen LogP contribution in [0.1, 0.15) is 12.8 Å². The third kappa shape index (κ3) is 4.09. The number of nitrogens with zero attached hydrogens (tertiary/aromatic N) is 3. The summed E-state index contributed by atoms with van der Waals surface area (Å²) in [5.74, 6) is 0.561. The van der Waals surface area contributed by atoms with Crippen LogP contribution in [0.15, 0.2) is 40.9 Å². The Kier molecular flexibility index (Phi) is 5.58. The predicted octanol–water partition coefficient (Wildman–Crippen LogP) is 2.20. The van der Waals surface area contributed by atoms with Gasteiger partial charge in [-0.2, -0.15) is 0 Å². The highest BCUT2D eigenvalue weighted by Gasteiger charge is 2.28. The van der Waals surface area contributed by atoms with Crippen molar-refractivity contribution in [3.8, 4) is 5.75 Å². The molecule has 3 N–H and O–H groups in total. The molecule has 3 aromatic rings. The van der Waals surface area contributed by atoms with E-state index in [-0.39, 0.29) is 22.5 Å². The number of amides is 1. The molecule has 2 aromatic heterocycles. The van der Waals surface area contributed by atoms with Gasteiger partial charge in [-0.15, -0.1) is 11.3 Å². The molecule has 158 valence electrons. The van der Waals surface area contributed by atoms with Crippen molar-refractivity contribution in [2.45, 2.75) is 17.7 Å². The zero-order chi connectivity index (χ0) is 21.3. The lowest BCUT2D eigenvalue weighted by molar-refractivity contribution is -0.120. The maximum absolute atomic E-state index is 12.9. The number of anilines is 2. The summed E-state index contributed by atoms with van der Waals surface area (Å²) < 4.78 is 28.4. The summed E-state index contributed by atoms with van der Waals surface area (Å²) in [5, 5.41) is 11.0. The van der Waals surface area contributed by atoms with Crippen molar-refractivity contribution in [3.63, 3.8) is 0 Å². The zero-order valence-electron chi connectivity index (χ0n) is 16.2. The minimum Gasteiger partial charge on any atom is -0.495 e. The number of carbonyl (C=O) groups excluding carboxylic acids is 1. The Bertz CT molecular complexity index is 1190. The van der Waals surface area contributed by atoms with Crippen molar-refractivity contribution in [1.29, 1.82) is 0 Å². The van der Waals surface area contributed by atoms with E-state index in [0.717, 1.165) is 35.4 Å². The molecule has 3 heterocycles. The number of nitrogens with two attached hydrogens (primary N) is 1. The highest BCUT2D eigenvalue weighted by atomic mass is 32.2. The Labute approximate surface area is 177 Å². The second-order valence-corrected chi connectivity index (χ2v) is 9.45. The maximum atomic E-state index is 12.9. The minimum absolute atomic E-state index is 0.0846. The molecule has 0 radical (unpaired) electrons. The highest BCUT2D eigenvalue weighted by molar-refractivity contribution is 7.89. The van der Waals surface area contributed by atoms with Crippen molar-refractivity contribution in [3.05, 3.63) is 36.0 Å². The summed E-state index contributed by atoms with van der Waals surface area (Å²) in [5.41, 5.74) is 0.448. The fraction of sp³-hybridized carbons (Fsp3) is 0.316. The first-order chi connectivity index (χ1) is 14.4. The maximum Gasteiger partial charge on any atom is 0.241 e. The minimum atomic E-state index is -3.92. The van der Waals surface area contributed by atoms with Gasteiger partial charge in [-0.1, -0.05) is 0 Å². The number of carbonyl (C=O) groups is 1. The number of sulfonamides is 1. The first kappa shape index (κ1) is 20.5. The fourth-order valence-corrected chi connectivity index (χ4v) is 5.04. The van der Waals surface area contributed by atoms with Crippen molar-refractivity contribution in [1.82, 2.24) is 9.97 Å². The van der Waals surface area contributed by atoms with Crippen LogP contribution >= 0.6 is 11.3 Å². The van der Waals surface area contributed by atoms with Crippen molar-refractivity contribution >= 4 is 49.0 Å². The fourth-order valence-electron chi connectivity index (χ4n) is 3.64. The number of thiophene rings is 1. The van der Waals surface area contributed by atoms with Gasteiger partial charge in [0.15, 0.2) is 0 Å². The Morgan fingerprint density at radius 2 is 2.17 bits per heavy atom. The molecule has 11 heteroatoms. The van der Waals surface area contributed by atoms with Crippen LogP contribution < -0.4 is 20.1 Å². The number of methoxy groups -OCH3 is 1. The number of ether oxygens (including phenoxy) is 1. The van der Waals surface area contributed by atoms with E-state index in [4.69, 9.17) is 9.88 Å². The highest BCUT2D eigenvalue weighted by Crippen LogP contribution is 2.31. The molecule has 1 atom stereocenters. The van der Waals surface area contributed by atoms with E-state index in [9.17, 15) is 13.2 Å². The molecule has 0 saturated carbocycles. The third-order valence-corrected chi connectivity index (χ3v) is 6.84. The molecule has 1 amide bonds. The van der Waals surface area contributed by atoms with Gasteiger partial charge in [0.1, 0.15) is 27.6 Å². The van der Waals surface area contributed by atoms with E-state index in [1.807, 2.05) is 11.4 Å². The van der Waals surface area contributed by atoms with E-state index in [1.165, 1.54) is 25.3 Å². The smallest absolute Gasteiger partial charge is 0.241 e. The number of hydrogen-bond acceptors (Lipinski definition) is 8. The average molecular weight is 448 g/mol. The van der Waals surface area contributed by atoms with Crippen molar-refractivity contribution in [2.75, 3.05) is 30.4 Å². The number of primary sulfonamides is 1. The summed E-state index contributed by atoms with van der Waals surface area (Å²) in [6, 6.07) is 6.28. The quantitative estimate of drug-likeness (QED) is 0.614. The molecular weight excluding hydrogens is 426 g/mol. The van der Waals surface area contributed by atoms with E-state index in [2.05, 4.69) is 20.2 Å². The van der Waals surface area contributed by atoms with Gasteiger partial charge in [0, 0.05) is 24.8 Å². The Morgan fingerprint density at radius 1 is 1.33 bits per heavy atom. The van der Waals surface area contributed by atoms with E-state index < -0.39 is 10.0 Å². The van der Waals surface area contributed by atoms with Crippen molar-refractivity contribution in [2.24, 2.45) is 11.1 Å². The lowest BCUT2D eigenvalue weighted by Crippen LogP contribution is -2.41. The molecule has 0 bridgehead atoms. The summed E-state index contributed by atoms with van der Waals surface area (Å²) >= 11 is 1.56. The summed E-state index contributed by atoms with van der Waals surface area (Å²) in [7, 11) is -2.57. The molecule has 1 aliphatic rings. The predicted molar refractivity (Wildman–Crippen MR) is 115 cm³/mol. The molecule has 9 nitrogen and oxygen atoms in total. The Morgan fingerprint density at radius 3 is 2.93 bits per heavy atom. The van der Waals surface area contributed by atoms with Gasteiger partial charge in [0.25, 0.3) is 0 Å². The van der Waals surface area contributed by atoms with Crippen LogP contribution in [0.2, 0.25) is 0 Å². The largest absolute Gasteiger partial charge is 0.495 e. The second kappa shape index (κ2) is 8.17. The van der Waals surface area contributed by atoms with Gasteiger partial charge in [-0.05, 0) is 36.4 Å². The standard InChI is InChI=1S/C19H21N5O4S2/c1-28-15-9-13(4-5-16(15)30(20,26)27)23-18(25)12-3-2-7-24(10-12)17-14-6-8-29-19(14)22-11-21-17/h4-6,8-9,11-12H,2-3,7,10H2,1H3,(H,23,25)(H2,20,26,27). The molecule has 1 aromatic carbocycles. The number of nitrogens with one attached hydrogen (secondary N) is 1. The normalized spacial score (nSPS) is 17.1. The Balaban J connectivity index is 1.51. The second-order valence-electron chi connectivity index (χ2n) is 7.02. The van der Waals surface area contributed by atoms with Crippen LogP contribution in [0.25, 0.3) is 10.2 Å². The molecular formula is C19H21N5O4S2. The van der Waals surface area contributed by atoms with Gasteiger partial charge >= 0.3 is 0 Å². The lowest BCUT2D eigenvalue weighted by Gasteiger charge is -2.33. The van der Waals surface area contributed by atoms with Gasteiger partial charge in [-0.25, -0.2) is 23.5 Å².